The first-order valence-electron chi connectivity index (χ1n) is 9.90. The Bertz CT molecular complexity index is 914. The molecule has 148 valence electrons. The molecule has 4 atom stereocenters. The number of aryl methyl sites for hydroxylation is 3. The van der Waals surface area contributed by atoms with Crippen molar-refractivity contribution in [2.24, 2.45) is 11.8 Å². The molecule has 1 spiro atoms. The highest BCUT2D eigenvalue weighted by molar-refractivity contribution is 7.13. The van der Waals surface area contributed by atoms with Crippen molar-refractivity contribution >= 4 is 23.1 Å². The maximum atomic E-state index is 12.6. The van der Waals surface area contributed by atoms with Crippen molar-refractivity contribution in [2.45, 2.75) is 45.3 Å². The molecule has 8 heteroatoms. The van der Waals surface area contributed by atoms with Crippen LogP contribution in [0.2, 0.25) is 0 Å². The Morgan fingerprint density at radius 2 is 2.21 bits per heavy atom. The van der Waals surface area contributed by atoms with Gasteiger partial charge in [0.05, 0.1) is 28.1 Å². The van der Waals surface area contributed by atoms with E-state index in [2.05, 4.69) is 25.4 Å². The predicted molar refractivity (Wildman–Crippen MR) is 107 cm³/mol. The molecule has 2 bridgehead atoms. The van der Waals surface area contributed by atoms with E-state index in [1.807, 2.05) is 32.9 Å². The Morgan fingerprint density at radius 1 is 1.36 bits per heavy atom. The van der Waals surface area contributed by atoms with Crippen molar-refractivity contribution in [3.05, 3.63) is 33.4 Å². The summed E-state index contributed by atoms with van der Waals surface area (Å²) >= 11 is 1.46. The fraction of sp³-hybridized carbons (Fsp3) is 0.600. The van der Waals surface area contributed by atoms with Crippen LogP contribution < -0.4 is 10.2 Å². The molecule has 2 aromatic rings. The lowest BCUT2D eigenvalue weighted by Gasteiger charge is -2.29. The number of ether oxygens (including phenoxy) is 1. The largest absolute Gasteiger partial charge is 0.369 e. The van der Waals surface area contributed by atoms with Crippen molar-refractivity contribution in [2.75, 3.05) is 24.5 Å². The van der Waals surface area contributed by atoms with Gasteiger partial charge in [-0.15, -0.1) is 16.4 Å². The normalized spacial score (nSPS) is 30.7. The minimum atomic E-state index is -0.0936. The Morgan fingerprint density at radius 3 is 2.93 bits per heavy atom. The van der Waals surface area contributed by atoms with Gasteiger partial charge in [-0.1, -0.05) is 0 Å². The third-order valence-corrected chi connectivity index (χ3v) is 7.57. The number of hydrogen-bond acceptors (Lipinski definition) is 7. The predicted octanol–water partition coefficient (Wildman–Crippen LogP) is 2.27. The average Bonchev–Trinajstić information content (AvgIpc) is 3.39. The van der Waals surface area contributed by atoms with Gasteiger partial charge in [0.2, 0.25) is 0 Å². The number of nitrogens with one attached hydrogen (secondary N) is 1. The minimum Gasteiger partial charge on any atom is -0.369 e. The van der Waals surface area contributed by atoms with Gasteiger partial charge in [0.25, 0.3) is 5.91 Å². The van der Waals surface area contributed by atoms with Crippen molar-refractivity contribution in [3.63, 3.8) is 0 Å². The fourth-order valence-corrected chi connectivity index (χ4v) is 6.07. The van der Waals surface area contributed by atoms with Crippen molar-refractivity contribution in [1.82, 2.24) is 20.5 Å². The summed E-state index contributed by atoms with van der Waals surface area (Å²) in [5, 5.41) is 12.6. The molecule has 2 aromatic heterocycles. The van der Waals surface area contributed by atoms with Gasteiger partial charge >= 0.3 is 0 Å². The van der Waals surface area contributed by atoms with Crippen molar-refractivity contribution < 1.29 is 9.53 Å². The lowest BCUT2D eigenvalue weighted by atomic mass is 9.73. The van der Waals surface area contributed by atoms with E-state index >= 15 is 0 Å². The summed E-state index contributed by atoms with van der Waals surface area (Å²) in [6.45, 7) is 8.20. The molecule has 5 rings (SSSR count). The molecule has 1 N–H and O–H groups in total. The molecular formula is C20H25N5O2S. The molecule has 0 unspecified atom stereocenters. The van der Waals surface area contributed by atoms with Crippen LogP contribution in [0.15, 0.2) is 12.1 Å². The number of fused-ring (bicyclic) bond motifs is 1. The van der Waals surface area contributed by atoms with E-state index in [0.717, 1.165) is 53.0 Å². The van der Waals surface area contributed by atoms with E-state index in [0.29, 0.717) is 18.4 Å². The number of thiazole rings is 1. The summed E-state index contributed by atoms with van der Waals surface area (Å²) in [7, 11) is 0. The highest BCUT2D eigenvalue weighted by Crippen LogP contribution is 2.55. The average molecular weight is 400 g/mol. The van der Waals surface area contributed by atoms with Crippen molar-refractivity contribution in [3.8, 4) is 0 Å². The number of hydrogen-bond donors (Lipinski definition) is 1. The first-order valence-corrected chi connectivity index (χ1v) is 10.7. The van der Waals surface area contributed by atoms with Gasteiger partial charge in [0, 0.05) is 31.5 Å². The van der Waals surface area contributed by atoms with E-state index in [-0.39, 0.29) is 17.6 Å². The number of aromatic nitrogens is 3. The Labute approximate surface area is 168 Å². The zero-order valence-electron chi connectivity index (χ0n) is 16.4. The second-order valence-corrected chi connectivity index (χ2v) is 9.50. The van der Waals surface area contributed by atoms with Crippen LogP contribution in [-0.4, -0.2) is 52.4 Å². The quantitative estimate of drug-likeness (QED) is 0.850. The maximum absolute atomic E-state index is 12.6. The third-order valence-electron chi connectivity index (χ3n) is 6.50. The third kappa shape index (κ3) is 2.81. The van der Waals surface area contributed by atoms with Gasteiger partial charge in [-0.25, -0.2) is 4.98 Å². The Hall–Kier alpha value is -2.06. The van der Waals surface area contributed by atoms with Gasteiger partial charge in [-0.3, -0.25) is 4.79 Å². The van der Waals surface area contributed by atoms with Crippen LogP contribution in [0.25, 0.3) is 0 Å². The van der Waals surface area contributed by atoms with E-state index in [1.54, 1.807) is 0 Å². The molecule has 3 aliphatic heterocycles. The molecule has 0 radical (unpaired) electrons. The summed E-state index contributed by atoms with van der Waals surface area (Å²) in [4.78, 5) is 20.0. The summed E-state index contributed by atoms with van der Waals surface area (Å²) in [6, 6.07) is 4.04. The zero-order valence-corrected chi connectivity index (χ0v) is 17.3. The molecule has 5 heterocycles. The summed E-state index contributed by atoms with van der Waals surface area (Å²) in [5.74, 6) is 1.66. The number of rotatable bonds is 4. The number of carbonyl (C=O) groups is 1. The molecule has 1 amide bonds. The molecule has 3 aliphatic rings. The first-order chi connectivity index (χ1) is 13.4. The number of carbonyl (C=O) groups excluding carboxylic acids is 1. The van der Waals surface area contributed by atoms with E-state index in [9.17, 15) is 4.79 Å². The van der Waals surface area contributed by atoms with Gasteiger partial charge in [-0.2, -0.15) is 5.10 Å². The van der Waals surface area contributed by atoms with Crippen LogP contribution in [0.4, 0.5) is 5.82 Å². The molecule has 7 nitrogen and oxygen atoms in total. The first kappa shape index (κ1) is 18.0. The highest BCUT2D eigenvalue weighted by atomic mass is 32.1. The van der Waals surface area contributed by atoms with Gasteiger partial charge in [0.15, 0.2) is 5.82 Å². The highest BCUT2D eigenvalue weighted by Gasteiger charge is 2.63. The van der Waals surface area contributed by atoms with Gasteiger partial charge in [0.1, 0.15) is 4.88 Å². The maximum Gasteiger partial charge on any atom is 0.263 e. The summed E-state index contributed by atoms with van der Waals surface area (Å²) < 4.78 is 6.49. The minimum absolute atomic E-state index is 0.0147. The summed E-state index contributed by atoms with van der Waals surface area (Å²) in [6.07, 6.45) is 2.42. The van der Waals surface area contributed by atoms with Gasteiger partial charge < -0.3 is 15.0 Å². The monoisotopic (exact) mass is 399 g/mol. The Kier molecular flexibility index (Phi) is 4.17. The molecule has 0 saturated carbocycles. The molecular weight excluding hydrogens is 374 g/mol. The number of nitrogens with zero attached hydrogens (tertiary/aromatic N) is 4. The van der Waals surface area contributed by atoms with E-state index in [4.69, 9.17) is 4.74 Å². The smallest absolute Gasteiger partial charge is 0.263 e. The fourth-order valence-electron chi connectivity index (χ4n) is 5.23. The standard InChI is InChI=1S/C20H25N5O2S/c1-11-4-5-17(24-23-11)25-9-15-14(16-6-7-20(15,10-25)27-16)8-21-19(26)18-12(2)22-13(3)28-18/h4-5,14-16H,6-10H2,1-3H3,(H,21,26)/t14-,15+,16+,20+/m0/s1. The topological polar surface area (TPSA) is 80.2 Å². The van der Waals surface area contributed by atoms with Crippen LogP contribution in [0, 0.1) is 32.6 Å². The second kappa shape index (κ2) is 6.49. The lowest BCUT2D eigenvalue weighted by Crippen LogP contribution is -2.41. The second-order valence-electron chi connectivity index (χ2n) is 8.30. The molecule has 3 saturated heterocycles. The SMILES string of the molecule is Cc1ccc(N2C[C@@H]3[C@H](CNC(=O)c4sc(C)nc4C)[C@H]4CC[C@]3(C2)O4)nn1. The zero-order chi connectivity index (χ0) is 19.5. The number of anilines is 1. The van der Waals surface area contributed by atoms with Crippen LogP contribution in [-0.2, 0) is 4.74 Å². The molecule has 0 aromatic carbocycles. The number of amides is 1. The van der Waals surface area contributed by atoms with Crippen LogP contribution >= 0.6 is 11.3 Å². The van der Waals surface area contributed by atoms with Crippen LogP contribution in [0.5, 0.6) is 0 Å². The van der Waals surface area contributed by atoms with Crippen LogP contribution in [0.3, 0.4) is 0 Å². The van der Waals surface area contributed by atoms with E-state index < -0.39 is 0 Å². The van der Waals surface area contributed by atoms with Crippen LogP contribution in [0.1, 0.15) is 38.9 Å². The van der Waals surface area contributed by atoms with Crippen molar-refractivity contribution in [1.29, 1.82) is 0 Å². The lowest BCUT2D eigenvalue weighted by molar-refractivity contribution is 0.0141. The molecule has 28 heavy (non-hydrogen) atoms. The van der Waals surface area contributed by atoms with E-state index in [1.165, 1.54) is 11.3 Å². The Balaban J connectivity index is 1.30. The molecule has 3 fully saturated rings. The summed E-state index contributed by atoms with van der Waals surface area (Å²) in [5.41, 5.74) is 1.64. The molecule has 0 aliphatic carbocycles. The van der Waals surface area contributed by atoms with Gasteiger partial charge in [-0.05, 0) is 45.7 Å².